The molecule has 3 aromatic rings. The normalized spacial score (nSPS) is 10.3. The van der Waals surface area contributed by atoms with Gasteiger partial charge in [0.1, 0.15) is 5.82 Å². The van der Waals surface area contributed by atoms with Gasteiger partial charge in [0, 0.05) is 17.4 Å². The Bertz CT molecular complexity index is 1000. The number of amides is 1. The second-order valence-electron chi connectivity index (χ2n) is 6.33. The van der Waals surface area contributed by atoms with E-state index >= 15 is 0 Å². The van der Waals surface area contributed by atoms with Crippen molar-refractivity contribution in [2.45, 2.75) is 20.3 Å². The van der Waals surface area contributed by atoms with Crippen LogP contribution < -0.4 is 10.6 Å². The number of nitrogens with zero attached hydrogens (tertiary/aromatic N) is 1. The van der Waals surface area contributed by atoms with Crippen LogP contribution in [0.25, 0.3) is 0 Å². The van der Waals surface area contributed by atoms with Crippen LogP contribution in [0.4, 0.5) is 17.2 Å². The maximum Gasteiger partial charge on any atom is 0.340 e. The fraction of sp³-hybridized carbons (Fsp3) is 0.174. The fourth-order valence-electron chi connectivity index (χ4n) is 2.78. The van der Waals surface area contributed by atoms with Crippen molar-refractivity contribution in [2.75, 3.05) is 17.2 Å². The second kappa shape index (κ2) is 9.50. The lowest BCUT2D eigenvalue weighted by Crippen LogP contribution is -2.13. The highest BCUT2D eigenvalue weighted by Gasteiger charge is 2.13. The van der Waals surface area contributed by atoms with Crippen LogP contribution in [0.3, 0.4) is 0 Å². The van der Waals surface area contributed by atoms with E-state index in [9.17, 15) is 9.59 Å². The zero-order valence-corrected chi connectivity index (χ0v) is 16.4. The van der Waals surface area contributed by atoms with Gasteiger partial charge in [0.15, 0.2) is 0 Å². The number of hydrogen-bond acceptors (Lipinski definition) is 5. The van der Waals surface area contributed by atoms with Crippen LogP contribution >= 0.6 is 0 Å². The van der Waals surface area contributed by atoms with E-state index in [-0.39, 0.29) is 5.91 Å². The van der Waals surface area contributed by atoms with Crippen LogP contribution in [0, 0.1) is 0 Å². The van der Waals surface area contributed by atoms with Crippen molar-refractivity contribution in [3.05, 3.63) is 83.6 Å². The van der Waals surface area contributed by atoms with E-state index < -0.39 is 5.97 Å². The number of benzene rings is 2. The first kappa shape index (κ1) is 20.1. The number of esters is 1. The highest BCUT2D eigenvalue weighted by molar-refractivity contribution is 6.04. The molecule has 0 bridgehead atoms. The van der Waals surface area contributed by atoms with Gasteiger partial charge in [-0.25, -0.2) is 9.78 Å². The Morgan fingerprint density at radius 3 is 2.48 bits per heavy atom. The quantitative estimate of drug-likeness (QED) is 0.567. The van der Waals surface area contributed by atoms with E-state index in [4.69, 9.17) is 4.74 Å². The molecule has 0 fully saturated rings. The van der Waals surface area contributed by atoms with Crippen molar-refractivity contribution in [3.63, 3.8) is 0 Å². The SMILES string of the molecule is CCOC(=O)c1ccccc1Nc1cc(C(=O)Nc2ccc(CC)cc2)ccn1. The lowest BCUT2D eigenvalue weighted by molar-refractivity contribution is 0.0527. The first-order valence-electron chi connectivity index (χ1n) is 9.50. The molecule has 29 heavy (non-hydrogen) atoms. The number of nitrogens with one attached hydrogen (secondary N) is 2. The molecule has 0 unspecified atom stereocenters. The minimum absolute atomic E-state index is 0.238. The molecule has 0 aliphatic heterocycles. The summed E-state index contributed by atoms with van der Waals surface area (Å²) in [5, 5.41) is 5.97. The average molecular weight is 389 g/mol. The fourth-order valence-corrected chi connectivity index (χ4v) is 2.78. The Labute approximate surface area is 169 Å². The Kier molecular flexibility index (Phi) is 6.58. The van der Waals surface area contributed by atoms with Crippen LogP contribution in [0.1, 0.15) is 40.1 Å². The molecule has 0 aliphatic carbocycles. The summed E-state index contributed by atoms with van der Waals surface area (Å²) < 4.78 is 5.09. The van der Waals surface area contributed by atoms with Gasteiger partial charge in [0.25, 0.3) is 5.91 Å². The number of aromatic nitrogens is 1. The van der Waals surface area contributed by atoms with Crippen LogP contribution in [-0.2, 0) is 11.2 Å². The van der Waals surface area contributed by atoms with Crippen molar-refractivity contribution in [1.82, 2.24) is 4.98 Å². The van der Waals surface area contributed by atoms with Gasteiger partial charge in [-0.3, -0.25) is 4.79 Å². The Morgan fingerprint density at radius 2 is 1.76 bits per heavy atom. The van der Waals surface area contributed by atoms with E-state index in [0.29, 0.717) is 29.2 Å². The lowest BCUT2D eigenvalue weighted by Gasteiger charge is -2.12. The summed E-state index contributed by atoms with van der Waals surface area (Å²) in [7, 11) is 0. The van der Waals surface area contributed by atoms with Gasteiger partial charge < -0.3 is 15.4 Å². The summed E-state index contributed by atoms with van der Waals surface area (Å²) in [6.45, 7) is 4.13. The first-order valence-corrected chi connectivity index (χ1v) is 9.50. The third-order valence-corrected chi connectivity index (χ3v) is 4.33. The molecule has 1 amide bonds. The lowest BCUT2D eigenvalue weighted by atomic mass is 10.1. The molecule has 0 saturated heterocycles. The number of hydrogen-bond donors (Lipinski definition) is 2. The Balaban J connectivity index is 1.76. The van der Waals surface area contributed by atoms with Gasteiger partial charge in [-0.2, -0.15) is 0 Å². The van der Waals surface area contributed by atoms with Gasteiger partial charge in [0.2, 0.25) is 0 Å². The Morgan fingerprint density at radius 1 is 1.00 bits per heavy atom. The number of carbonyl (C=O) groups is 2. The standard InChI is InChI=1S/C23H23N3O3/c1-3-16-9-11-18(12-10-16)25-22(27)17-13-14-24-21(15-17)26-20-8-6-5-7-19(20)23(28)29-4-2/h5-15H,3-4H2,1-2H3,(H,24,26)(H,25,27). The molecule has 0 aliphatic rings. The minimum Gasteiger partial charge on any atom is -0.462 e. The molecule has 0 saturated carbocycles. The van der Waals surface area contributed by atoms with Crippen molar-refractivity contribution in [1.29, 1.82) is 0 Å². The first-order chi connectivity index (χ1) is 14.1. The third kappa shape index (κ3) is 5.19. The summed E-state index contributed by atoms with van der Waals surface area (Å²) in [6, 6.07) is 18.0. The smallest absolute Gasteiger partial charge is 0.340 e. The molecular weight excluding hydrogens is 366 g/mol. The summed E-state index contributed by atoms with van der Waals surface area (Å²) in [4.78, 5) is 29.0. The van der Waals surface area contributed by atoms with E-state index in [1.807, 2.05) is 30.3 Å². The van der Waals surface area contributed by atoms with Crippen LogP contribution in [-0.4, -0.2) is 23.5 Å². The molecule has 0 spiro atoms. The van der Waals surface area contributed by atoms with E-state index in [2.05, 4.69) is 22.5 Å². The number of aryl methyl sites for hydroxylation is 1. The van der Waals surface area contributed by atoms with Crippen LogP contribution in [0.2, 0.25) is 0 Å². The van der Waals surface area contributed by atoms with Crippen molar-refractivity contribution in [3.8, 4) is 0 Å². The number of para-hydroxylation sites is 1. The molecule has 0 atom stereocenters. The van der Waals surface area contributed by atoms with Crippen molar-refractivity contribution in [2.24, 2.45) is 0 Å². The minimum atomic E-state index is -0.417. The molecular formula is C23H23N3O3. The van der Waals surface area contributed by atoms with E-state index in [0.717, 1.165) is 12.1 Å². The molecule has 1 aromatic heterocycles. The molecule has 6 heteroatoms. The zero-order chi connectivity index (χ0) is 20.6. The largest absolute Gasteiger partial charge is 0.462 e. The molecule has 148 valence electrons. The Hall–Kier alpha value is -3.67. The molecule has 3 rings (SSSR count). The summed E-state index contributed by atoms with van der Waals surface area (Å²) in [6.07, 6.45) is 2.49. The van der Waals surface area contributed by atoms with Gasteiger partial charge in [-0.05, 0) is 55.3 Å². The number of carbonyl (C=O) groups excluding carboxylic acids is 2. The molecule has 1 heterocycles. The van der Waals surface area contributed by atoms with Gasteiger partial charge in [0.05, 0.1) is 17.9 Å². The second-order valence-corrected chi connectivity index (χ2v) is 6.33. The molecule has 6 nitrogen and oxygen atoms in total. The summed E-state index contributed by atoms with van der Waals surface area (Å²) in [5.74, 6) is -0.200. The number of ether oxygens (including phenoxy) is 1. The van der Waals surface area contributed by atoms with E-state index in [1.165, 1.54) is 5.56 Å². The zero-order valence-electron chi connectivity index (χ0n) is 16.4. The van der Waals surface area contributed by atoms with Gasteiger partial charge >= 0.3 is 5.97 Å². The molecule has 2 aromatic carbocycles. The van der Waals surface area contributed by atoms with Crippen LogP contribution in [0.15, 0.2) is 66.9 Å². The predicted octanol–water partition coefficient (Wildman–Crippen LogP) is 4.82. The number of rotatable bonds is 7. The van der Waals surface area contributed by atoms with Crippen molar-refractivity contribution < 1.29 is 14.3 Å². The topological polar surface area (TPSA) is 80.3 Å². The number of pyridine rings is 1. The third-order valence-electron chi connectivity index (χ3n) is 4.33. The molecule has 0 radical (unpaired) electrons. The van der Waals surface area contributed by atoms with Crippen LogP contribution in [0.5, 0.6) is 0 Å². The number of anilines is 3. The summed E-state index contributed by atoms with van der Waals surface area (Å²) >= 11 is 0. The van der Waals surface area contributed by atoms with E-state index in [1.54, 1.807) is 43.5 Å². The highest BCUT2D eigenvalue weighted by atomic mass is 16.5. The monoisotopic (exact) mass is 389 g/mol. The maximum absolute atomic E-state index is 12.6. The molecule has 2 N–H and O–H groups in total. The summed E-state index contributed by atoms with van der Waals surface area (Å²) in [5.41, 5.74) is 3.36. The average Bonchev–Trinajstić information content (AvgIpc) is 2.75. The maximum atomic E-state index is 12.6. The highest BCUT2D eigenvalue weighted by Crippen LogP contribution is 2.21. The van der Waals surface area contributed by atoms with Crippen molar-refractivity contribution >= 4 is 29.1 Å². The van der Waals surface area contributed by atoms with Gasteiger partial charge in [-0.1, -0.05) is 31.2 Å². The predicted molar refractivity (Wildman–Crippen MR) is 114 cm³/mol. The van der Waals surface area contributed by atoms with Gasteiger partial charge in [-0.15, -0.1) is 0 Å².